The Labute approximate surface area is 89.9 Å². The van der Waals surface area contributed by atoms with E-state index in [-0.39, 0.29) is 0 Å². The molecule has 82 valence electrons. The average molecular weight is 207 g/mol. The van der Waals surface area contributed by atoms with Crippen LogP contribution in [0, 0.1) is 0 Å². The second-order valence-corrected chi connectivity index (χ2v) is 3.90. The minimum Gasteiger partial charge on any atom is -0.378 e. The van der Waals surface area contributed by atoms with Gasteiger partial charge in [-0.25, -0.2) is 9.97 Å². The van der Waals surface area contributed by atoms with E-state index in [0.717, 1.165) is 30.8 Å². The zero-order valence-electron chi connectivity index (χ0n) is 8.85. The van der Waals surface area contributed by atoms with Crippen molar-refractivity contribution in [3.63, 3.8) is 0 Å². The molecule has 4 nitrogen and oxygen atoms in total. The fourth-order valence-corrected chi connectivity index (χ4v) is 1.76. The van der Waals surface area contributed by atoms with Crippen molar-refractivity contribution in [1.82, 2.24) is 9.97 Å². The third kappa shape index (κ3) is 2.97. The molecule has 15 heavy (non-hydrogen) atoms. The highest BCUT2D eigenvalue weighted by atomic mass is 16.5. The summed E-state index contributed by atoms with van der Waals surface area (Å²) in [7, 11) is 0. The van der Waals surface area contributed by atoms with E-state index in [0.29, 0.717) is 12.6 Å². The smallest absolute Gasteiger partial charge is 0.130 e. The first-order valence-corrected chi connectivity index (χ1v) is 5.50. The van der Waals surface area contributed by atoms with Gasteiger partial charge < -0.3 is 10.5 Å². The number of aromatic nitrogens is 2. The highest BCUT2D eigenvalue weighted by molar-refractivity contribution is 5.04. The van der Waals surface area contributed by atoms with Gasteiger partial charge >= 0.3 is 0 Å². The highest BCUT2D eigenvalue weighted by Crippen LogP contribution is 2.15. The lowest BCUT2D eigenvalue weighted by Crippen LogP contribution is -2.22. The van der Waals surface area contributed by atoms with Crippen LogP contribution in [0.3, 0.4) is 0 Å². The summed E-state index contributed by atoms with van der Waals surface area (Å²) < 4.78 is 5.63. The van der Waals surface area contributed by atoms with Crippen LogP contribution in [0.5, 0.6) is 0 Å². The van der Waals surface area contributed by atoms with Gasteiger partial charge in [0.15, 0.2) is 0 Å². The van der Waals surface area contributed by atoms with E-state index < -0.39 is 0 Å². The van der Waals surface area contributed by atoms with Crippen LogP contribution in [0.15, 0.2) is 12.4 Å². The molecule has 1 aliphatic heterocycles. The fourth-order valence-electron chi connectivity index (χ4n) is 1.76. The summed E-state index contributed by atoms with van der Waals surface area (Å²) in [6.07, 6.45) is 8.29. The lowest BCUT2D eigenvalue weighted by atomic mass is 10.1. The van der Waals surface area contributed by atoms with Crippen molar-refractivity contribution in [3.8, 4) is 0 Å². The van der Waals surface area contributed by atoms with E-state index in [4.69, 9.17) is 10.5 Å². The summed E-state index contributed by atoms with van der Waals surface area (Å²) in [5.74, 6) is 0.860. The first-order valence-electron chi connectivity index (χ1n) is 5.50. The SMILES string of the molecule is NCc1cnc(CC2CCCCO2)nc1. The van der Waals surface area contributed by atoms with Gasteiger partial charge in [0.2, 0.25) is 0 Å². The number of ether oxygens (including phenoxy) is 1. The molecular weight excluding hydrogens is 190 g/mol. The summed E-state index contributed by atoms with van der Waals surface area (Å²) in [4.78, 5) is 8.55. The van der Waals surface area contributed by atoms with Crippen molar-refractivity contribution in [2.45, 2.75) is 38.3 Å². The number of rotatable bonds is 3. The van der Waals surface area contributed by atoms with Crippen LogP contribution in [-0.4, -0.2) is 22.7 Å². The van der Waals surface area contributed by atoms with Gasteiger partial charge in [-0.05, 0) is 19.3 Å². The van der Waals surface area contributed by atoms with E-state index in [1.165, 1.54) is 12.8 Å². The molecule has 2 heterocycles. The Bertz CT molecular complexity index is 293. The number of hydrogen-bond acceptors (Lipinski definition) is 4. The molecule has 1 aromatic heterocycles. The Balaban J connectivity index is 1.91. The Morgan fingerprint density at radius 3 is 2.73 bits per heavy atom. The third-order valence-corrected chi connectivity index (χ3v) is 2.68. The van der Waals surface area contributed by atoms with Crippen LogP contribution in [0.4, 0.5) is 0 Å². The zero-order valence-corrected chi connectivity index (χ0v) is 8.85. The molecule has 4 heteroatoms. The summed E-state index contributed by atoms with van der Waals surface area (Å²) >= 11 is 0. The van der Waals surface area contributed by atoms with Crippen molar-refractivity contribution in [2.24, 2.45) is 5.73 Å². The van der Waals surface area contributed by atoms with Crippen molar-refractivity contribution in [1.29, 1.82) is 0 Å². The predicted molar refractivity (Wildman–Crippen MR) is 57.2 cm³/mol. The van der Waals surface area contributed by atoms with Crippen LogP contribution < -0.4 is 5.73 Å². The fraction of sp³-hybridized carbons (Fsp3) is 0.636. The van der Waals surface area contributed by atoms with Crippen molar-refractivity contribution >= 4 is 0 Å². The normalized spacial score (nSPS) is 21.5. The minimum atomic E-state index is 0.308. The maximum absolute atomic E-state index is 5.63. The molecule has 0 spiro atoms. The van der Waals surface area contributed by atoms with Gasteiger partial charge in [0, 0.05) is 37.5 Å². The highest BCUT2D eigenvalue weighted by Gasteiger charge is 2.15. The molecule has 0 aliphatic carbocycles. The monoisotopic (exact) mass is 207 g/mol. The molecule has 0 saturated carbocycles. The lowest BCUT2D eigenvalue weighted by molar-refractivity contribution is 0.0156. The summed E-state index contributed by atoms with van der Waals surface area (Å²) in [6.45, 7) is 1.38. The molecule has 1 fully saturated rings. The Morgan fingerprint density at radius 2 is 2.13 bits per heavy atom. The largest absolute Gasteiger partial charge is 0.378 e. The number of nitrogens with zero attached hydrogens (tertiary/aromatic N) is 2. The Kier molecular flexibility index (Phi) is 3.64. The van der Waals surface area contributed by atoms with Gasteiger partial charge in [0.05, 0.1) is 6.10 Å². The zero-order chi connectivity index (χ0) is 10.5. The summed E-state index contributed by atoms with van der Waals surface area (Å²) in [6, 6.07) is 0. The van der Waals surface area contributed by atoms with Gasteiger partial charge in [-0.2, -0.15) is 0 Å². The molecule has 0 radical (unpaired) electrons. The first-order chi connectivity index (χ1) is 7.38. The van der Waals surface area contributed by atoms with E-state index in [1.54, 1.807) is 12.4 Å². The minimum absolute atomic E-state index is 0.308. The standard InChI is InChI=1S/C11H17N3O/c12-6-9-7-13-11(14-8-9)5-10-3-1-2-4-15-10/h7-8,10H,1-6,12H2. The molecule has 1 unspecified atom stereocenters. The maximum Gasteiger partial charge on any atom is 0.130 e. The van der Waals surface area contributed by atoms with Crippen molar-refractivity contribution in [3.05, 3.63) is 23.8 Å². The van der Waals surface area contributed by atoms with E-state index in [2.05, 4.69) is 9.97 Å². The van der Waals surface area contributed by atoms with Crippen LogP contribution in [-0.2, 0) is 17.7 Å². The summed E-state index contributed by atoms with van der Waals surface area (Å²) in [5, 5.41) is 0. The molecule has 1 atom stereocenters. The second kappa shape index (κ2) is 5.19. The molecule has 1 aromatic rings. The molecule has 2 rings (SSSR count). The van der Waals surface area contributed by atoms with Gasteiger partial charge in [-0.3, -0.25) is 0 Å². The molecular formula is C11H17N3O. The maximum atomic E-state index is 5.63. The van der Waals surface area contributed by atoms with Crippen LogP contribution >= 0.6 is 0 Å². The topological polar surface area (TPSA) is 61.0 Å². The van der Waals surface area contributed by atoms with Crippen molar-refractivity contribution in [2.75, 3.05) is 6.61 Å². The molecule has 2 N–H and O–H groups in total. The summed E-state index contributed by atoms with van der Waals surface area (Å²) in [5.41, 5.74) is 6.45. The first kappa shape index (κ1) is 10.5. The molecule has 1 aliphatic rings. The molecule has 0 bridgehead atoms. The van der Waals surface area contributed by atoms with Crippen molar-refractivity contribution < 1.29 is 4.74 Å². The second-order valence-electron chi connectivity index (χ2n) is 3.90. The van der Waals surface area contributed by atoms with Gasteiger partial charge in [0.1, 0.15) is 5.82 Å². The number of nitrogens with two attached hydrogens (primary N) is 1. The van der Waals surface area contributed by atoms with Gasteiger partial charge in [-0.15, -0.1) is 0 Å². The lowest BCUT2D eigenvalue weighted by Gasteiger charge is -2.21. The predicted octanol–water partition coefficient (Wildman–Crippen LogP) is 1.05. The van der Waals surface area contributed by atoms with E-state index in [1.807, 2.05) is 0 Å². The van der Waals surface area contributed by atoms with Crippen LogP contribution in [0.1, 0.15) is 30.7 Å². The molecule has 0 amide bonds. The Morgan fingerprint density at radius 1 is 1.33 bits per heavy atom. The quantitative estimate of drug-likeness (QED) is 0.804. The van der Waals surface area contributed by atoms with Crippen LogP contribution in [0.2, 0.25) is 0 Å². The number of hydrogen-bond donors (Lipinski definition) is 1. The van der Waals surface area contributed by atoms with E-state index >= 15 is 0 Å². The average Bonchev–Trinajstić information content (AvgIpc) is 2.31. The third-order valence-electron chi connectivity index (χ3n) is 2.68. The van der Waals surface area contributed by atoms with Gasteiger partial charge in [-0.1, -0.05) is 0 Å². The molecule has 0 aromatic carbocycles. The Hall–Kier alpha value is -1.00. The van der Waals surface area contributed by atoms with Crippen LogP contribution in [0.25, 0.3) is 0 Å². The van der Waals surface area contributed by atoms with E-state index in [9.17, 15) is 0 Å². The van der Waals surface area contributed by atoms with Gasteiger partial charge in [0.25, 0.3) is 0 Å². The molecule has 1 saturated heterocycles.